The first-order chi connectivity index (χ1) is 14.2. The Morgan fingerprint density at radius 1 is 1.17 bits per heavy atom. The van der Waals surface area contributed by atoms with Crippen LogP contribution in [0.1, 0.15) is 13.3 Å². The molecule has 0 aromatic heterocycles. The predicted octanol–water partition coefficient (Wildman–Crippen LogP) is 1.51. The third kappa shape index (κ3) is 6.02. The van der Waals surface area contributed by atoms with Crippen LogP contribution in [0, 0.1) is 0 Å². The number of carbonyl (C=O) groups is 1. The zero-order valence-corrected chi connectivity index (χ0v) is 18.3. The molecule has 1 amide bonds. The van der Waals surface area contributed by atoms with Gasteiger partial charge in [-0.1, -0.05) is 6.92 Å². The van der Waals surface area contributed by atoms with Crippen molar-refractivity contribution in [2.24, 2.45) is 0 Å². The minimum Gasteiger partial charge on any atom is -0.497 e. The monoisotopic (exact) mass is 449 g/mol. The van der Waals surface area contributed by atoms with Crippen molar-refractivity contribution in [1.82, 2.24) is 14.1 Å². The minimum atomic E-state index is -3.85. The summed E-state index contributed by atoms with van der Waals surface area (Å²) in [5, 5.41) is 0. The maximum atomic E-state index is 13.1. The van der Waals surface area contributed by atoms with E-state index in [0.717, 1.165) is 0 Å². The van der Waals surface area contributed by atoms with Crippen LogP contribution in [0.15, 0.2) is 23.1 Å². The molecule has 1 aliphatic rings. The summed E-state index contributed by atoms with van der Waals surface area (Å²) < 4.78 is 63.2. The zero-order valence-electron chi connectivity index (χ0n) is 17.5. The molecule has 1 fully saturated rings. The number of amides is 1. The molecule has 0 saturated carbocycles. The van der Waals surface area contributed by atoms with Gasteiger partial charge < -0.3 is 14.4 Å². The fraction of sp³-hybridized carbons (Fsp3) is 0.632. The first-order valence-corrected chi connectivity index (χ1v) is 11.2. The van der Waals surface area contributed by atoms with Crippen LogP contribution in [0.25, 0.3) is 0 Å². The van der Waals surface area contributed by atoms with E-state index in [2.05, 4.69) is 0 Å². The van der Waals surface area contributed by atoms with Crippen LogP contribution in [-0.4, -0.2) is 94.9 Å². The van der Waals surface area contributed by atoms with Crippen molar-refractivity contribution in [3.05, 3.63) is 18.2 Å². The van der Waals surface area contributed by atoms with Gasteiger partial charge in [0.15, 0.2) is 0 Å². The van der Waals surface area contributed by atoms with Crippen molar-refractivity contribution in [3.8, 4) is 11.5 Å². The maximum absolute atomic E-state index is 13.1. The summed E-state index contributed by atoms with van der Waals surface area (Å²) in [5.41, 5.74) is 0. The highest BCUT2D eigenvalue weighted by atomic mass is 32.2. The summed E-state index contributed by atoms with van der Waals surface area (Å²) in [6.45, 7) is 2.31. The second-order valence-corrected chi connectivity index (χ2v) is 8.83. The molecule has 1 saturated heterocycles. The number of halogens is 2. The van der Waals surface area contributed by atoms with E-state index < -0.39 is 23.0 Å². The summed E-state index contributed by atoms with van der Waals surface area (Å²) in [6.07, 6.45) is -1.85. The smallest absolute Gasteiger partial charge is 0.251 e. The highest BCUT2D eigenvalue weighted by Gasteiger charge is 2.33. The lowest BCUT2D eigenvalue weighted by Gasteiger charge is -2.35. The Morgan fingerprint density at radius 3 is 2.37 bits per heavy atom. The van der Waals surface area contributed by atoms with Gasteiger partial charge in [0, 0.05) is 32.2 Å². The highest BCUT2D eigenvalue weighted by molar-refractivity contribution is 7.89. The summed E-state index contributed by atoms with van der Waals surface area (Å²) in [6, 6.07) is 4.53. The van der Waals surface area contributed by atoms with Gasteiger partial charge in [-0.05, 0) is 25.1 Å². The van der Waals surface area contributed by atoms with Crippen LogP contribution in [0.3, 0.4) is 0 Å². The number of benzene rings is 1. The number of methoxy groups -OCH3 is 2. The molecule has 170 valence electrons. The van der Waals surface area contributed by atoms with Crippen LogP contribution in [0.4, 0.5) is 8.78 Å². The van der Waals surface area contributed by atoms with Gasteiger partial charge in [0.1, 0.15) is 16.4 Å². The molecule has 0 atom stereocenters. The van der Waals surface area contributed by atoms with Gasteiger partial charge in [-0.15, -0.1) is 0 Å². The van der Waals surface area contributed by atoms with Crippen LogP contribution >= 0.6 is 0 Å². The number of hydrogen-bond acceptors (Lipinski definition) is 6. The van der Waals surface area contributed by atoms with Gasteiger partial charge in [-0.2, -0.15) is 4.31 Å². The Labute approximate surface area is 176 Å². The highest BCUT2D eigenvalue weighted by Crippen LogP contribution is 2.31. The summed E-state index contributed by atoms with van der Waals surface area (Å²) >= 11 is 0. The molecule has 11 heteroatoms. The third-order valence-electron chi connectivity index (χ3n) is 4.87. The van der Waals surface area contributed by atoms with Crippen molar-refractivity contribution in [2.75, 3.05) is 60.0 Å². The molecule has 0 spiro atoms. The number of piperazine rings is 1. The standard InChI is InChI=1S/C19H29F2N3O5S/c1-4-7-22(13-18(20)21)14-19(25)23-8-10-24(11-9-23)30(26,27)17-12-15(28-2)5-6-16(17)29-3/h5-6,12,18H,4,7-11,13-14H2,1-3H3. The van der Waals surface area contributed by atoms with Gasteiger partial charge in [0.05, 0.1) is 27.3 Å². The lowest BCUT2D eigenvalue weighted by Crippen LogP contribution is -2.52. The van der Waals surface area contributed by atoms with E-state index in [1.54, 1.807) is 6.07 Å². The van der Waals surface area contributed by atoms with E-state index in [9.17, 15) is 22.0 Å². The molecule has 8 nitrogen and oxygen atoms in total. The molecule has 0 unspecified atom stereocenters. The number of ether oxygens (including phenoxy) is 2. The number of alkyl halides is 2. The Morgan fingerprint density at radius 2 is 1.83 bits per heavy atom. The van der Waals surface area contributed by atoms with Crippen LogP contribution in [0.5, 0.6) is 11.5 Å². The average molecular weight is 450 g/mol. The van der Waals surface area contributed by atoms with Crippen molar-refractivity contribution in [2.45, 2.75) is 24.7 Å². The molecule has 0 bridgehead atoms. The zero-order chi connectivity index (χ0) is 22.3. The van der Waals surface area contributed by atoms with Crippen molar-refractivity contribution in [3.63, 3.8) is 0 Å². The summed E-state index contributed by atoms with van der Waals surface area (Å²) in [7, 11) is -1.02. The second-order valence-electron chi connectivity index (χ2n) is 6.93. The van der Waals surface area contributed by atoms with E-state index in [1.165, 1.54) is 40.5 Å². The lowest BCUT2D eigenvalue weighted by molar-refractivity contribution is -0.134. The Kier molecular flexibility index (Phi) is 8.80. The molecule has 1 aromatic rings. The van der Waals surface area contributed by atoms with Crippen molar-refractivity contribution >= 4 is 15.9 Å². The molecule has 2 rings (SSSR count). The number of carbonyl (C=O) groups excluding carboxylic acids is 1. The van der Waals surface area contributed by atoms with Gasteiger partial charge in [-0.25, -0.2) is 17.2 Å². The SMILES string of the molecule is CCCN(CC(=O)N1CCN(S(=O)(=O)c2cc(OC)ccc2OC)CC1)CC(F)F. The Balaban J connectivity index is 2.05. The van der Waals surface area contributed by atoms with Crippen LogP contribution in [0.2, 0.25) is 0 Å². The maximum Gasteiger partial charge on any atom is 0.251 e. The van der Waals surface area contributed by atoms with Gasteiger partial charge in [0.2, 0.25) is 15.9 Å². The van der Waals surface area contributed by atoms with E-state index in [4.69, 9.17) is 9.47 Å². The van der Waals surface area contributed by atoms with E-state index in [-0.39, 0.29) is 49.3 Å². The van der Waals surface area contributed by atoms with Gasteiger partial charge in [-0.3, -0.25) is 9.69 Å². The minimum absolute atomic E-state index is 0.00446. The third-order valence-corrected chi connectivity index (χ3v) is 6.79. The topological polar surface area (TPSA) is 79.4 Å². The molecule has 30 heavy (non-hydrogen) atoms. The molecule has 0 radical (unpaired) electrons. The number of sulfonamides is 1. The number of hydrogen-bond donors (Lipinski definition) is 0. The summed E-state index contributed by atoms with van der Waals surface area (Å²) in [5.74, 6) is 0.315. The number of rotatable bonds is 10. The summed E-state index contributed by atoms with van der Waals surface area (Å²) in [4.78, 5) is 15.5. The fourth-order valence-electron chi connectivity index (χ4n) is 3.34. The van der Waals surface area contributed by atoms with Gasteiger partial charge in [0.25, 0.3) is 6.43 Å². The van der Waals surface area contributed by atoms with Gasteiger partial charge >= 0.3 is 0 Å². The largest absolute Gasteiger partial charge is 0.497 e. The molecule has 0 N–H and O–H groups in total. The molecule has 1 heterocycles. The number of nitrogens with zero attached hydrogens (tertiary/aromatic N) is 3. The normalized spacial score (nSPS) is 15.6. The molecule has 1 aliphatic heterocycles. The molecule has 1 aromatic carbocycles. The molecule has 0 aliphatic carbocycles. The van der Waals surface area contributed by atoms with Crippen LogP contribution in [-0.2, 0) is 14.8 Å². The van der Waals surface area contributed by atoms with E-state index in [1.807, 2.05) is 6.92 Å². The quantitative estimate of drug-likeness (QED) is 0.539. The molecular formula is C19H29F2N3O5S. The predicted molar refractivity (Wildman–Crippen MR) is 108 cm³/mol. The van der Waals surface area contributed by atoms with Crippen molar-refractivity contribution < 1.29 is 31.5 Å². The first kappa shape index (κ1) is 24.3. The van der Waals surface area contributed by atoms with E-state index in [0.29, 0.717) is 18.7 Å². The second kappa shape index (κ2) is 10.9. The first-order valence-electron chi connectivity index (χ1n) is 9.73. The van der Waals surface area contributed by atoms with Crippen molar-refractivity contribution in [1.29, 1.82) is 0 Å². The molecular weight excluding hydrogens is 420 g/mol. The fourth-order valence-corrected chi connectivity index (χ4v) is 4.93. The lowest BCUT2D eigenvalue weighted by atomic mass is 10.3. The Hall–Kier alpha value is -1.98. The average Bonchev–Trinajstić information content (AvgIpc) is 2.73. The Bertz CT molecular complexity index is 814. The van der Waals surface area contributed by atoms with E-state index >= 15 is 0 Å². The van der Waals surface area contributed by atoms with Crippen LogP contribution < -0.4 is 9.47 Å².